The van der Waals surface area contributed by atoms with Crippen molar-refractivity contribution < 1.29 is 4.42 Å². The Kier molecular flexibility index (Phi) is 6.03. The number of furan rings is 1. The van der Waals surface area contributed by atoms with Crippen molar-refractivity contribution in [3.63, 3.8) is 0 Å². The molecule has 1 heterocycles. The van der Waals surface area contributed by atoms with Crippen LogP contribution < -0.4 is 5.32 Å². The Balaban J connectivity index is 1.85. The van der Waals surface area contributed by atoms with Gasteiger partial charge in [0.05, 0.1) is 12.5 Å². The third-order valence-corrected chi connectivity index (χ3v) is 3.98. The fourth-order valence-corrected chi connectivity index (χ4v) is 2.38. The van der Waals surface area contributed by atoms with Gasteiger partial charge < -0.3 is 9.73 Å². The van der Waals surface area contributed by atoms with Crippen LogP contribution in [0.1, 0.15) is 43.5 Å². The van der Waals surface area contributed by atoms with Crippen LogP contribution in [0.15, 0.2) is 47.3 Å². The molecular formula is C18H26N2O. The molecule has 1 aromatic carbocycles. The van der Waals surface area contributed by atoms with Crippen LogP contribution in [0.2, 0.25) is 0 Å². The number of benzene rings is 1. The van der Waals surface area contributed by atoms with Crippen molar-refractivity contribution in [3.05, 3.63) is 59.5 Å². The molecule has 3 nitrogen and oxygen atoms in total. The molecule has 1 N–H and O–H groups in total. The largest absolute Gasteiger partial charge is 0.472 e. The van der Waals surface area contributed by atoms with E-state index in [0.29, 0.717) is 6.04 Å². The molecule has 1 unspecified atom stereocenters. The number of nitrogens with zero attached hydrogens (tertiary/aromatic N) is 1. The molecule has 1 atom stereocenters. The van der Waals surface area contributed by atoms with Gasteiger partial charge in [0.15, 0.2) is 0 Å². The molecule has 0 amide bonds. The molecule has 0 spiro atoms. The second-order valence-corrected chi connectivity index (χ2v) is 5.44. The summed E-state index contributed by atoms with van der Waals surface area (Å²) >= 11 is 0. The summed E-state index contributed by atoms with van der Waals surface area (Å²) in [5, 5.41) is 3.51. The van der Waals surface area contributed by atoms with E-state index < -0.39 is 0 Å². The summed E-state index contributed by atoms with van der Waals surface area (Å²) in [7, 11) is 0. The third kappa shape index (κ3) is 4.73. The predicted octanol–water partition coefficient (Wildman–Crippen LogP) is 3.97. The first-order valence-corrected chi connectivity index (χ1v) is 7.78. The molecule has 2 aromatic rings. The van der Waals surface area contributed by atoms with Gasteiger partial charge in [-0.3, -0.25) is 4.90 Å². The number of hydrogen-bond donors (Lipinski definition) is 1. The van der Waals surface area contributed by atoms with Crippen LogP contribution in [0.3, 0.4) is 0 Å². The van der Waals surface area contributed by atoms with E-state index >= 15 is 0 Å². The van der Waals surface area contributed by atoms with Crippen molar-refractivity contribution >= 4 is 0 Å². The van der Waals surface area contributed by atoms with E-state index in [1.54, 1.807) is 12.5 Å². The van der Waals surface area contributed by atoms with Crippen molar-refractivity contribution in [3.8, 4) is 0 Å². The van der Waals surface area contributed by atoms with Gasteiger partial charge in [-0.05, 0) is 37.2 Å². The van der Waals surface area contributed by atoms with E-state index in [2.05, 4.69) is 55.3 Å². The Bertz CT molecular complexity index is 501. The molecule has 0 aliphatic carbocycles. The maximum absolute atomic E-state index is 5.12. The average Bonchev–Trinajstić information content (AvgIpc) is 3.06. The van der Waals surface area contributed by atoms with Crippen LogP contribution in [0.4, 0.5) is 0 Å². The molecular weight excluding hydrogens is 260 g/mol. The Morgan fingerprint density at radius 2 is 1.71 bits per heavy atom. The van der Waals surface area contributed by atoms with E-state index in [4.69, 9.17) is 4.42 Å². The number of hydrogen-bond acceptors (Lipinski definition) is 3. The molecule has 21 heavy (non-hydrogen) atoms. The second-order valence-electron chi connectivity index (χ2n) is 5.44. The number of rotatable bonds is 8. The Morgan fingerprint density at radius 1 is 1.05 bits per heavy atom. The summed E-state index contributed by atoms with van der Waals surface area (Å²) < 4.78 is 5.12. The molecule has 0 saturated carbocycles. The molecule has 0 fully saturated rings. The summed E-state index contributed by atoms with van der Waals surface area (Å²) in [6, 6.07) is 11.2. The van der Waals surface area contributed by atoms with Crippen molar-refractivity contribution in [2.75, 3.05) is 13.1 Å². The van der Waals surface area contributed by atoms with Gasteiger partial charge in [-0.2, -0.15) is 0 Å². The molecule has 0 aliphatic rings. The van der Waals surface area contributed by atoms with Gasteiger partial charge >= 0.3 is 0 Å². The van der Waals surface area contributed by atoms with Gasteiger partial charge in [0.1, 0.15) is 0 Å². The molecule has 114 valence electrons. The summed E-state index contributed by atoms with van der Waals surface area (Å²) in [6.45, 7) is 10.7. The lowest BCUT2D eigenvalue weighted by atomic mass is 10.1. The van der Waals surface area contributed by atoms with Crippen LogP contribution in [0, 0.1) is 0 Å². The van der Waals surface area contributed by atoms with E-state index in [9.17, 15) is 0 Å². The highest BCUT2D eigenvalue weighted by Crippen LogP contribution is 2.14. The highest BCUT2D eigenvalue weighted by molar-refractivity contribution is 5.23. The molecule has 2 rings (SSSR count). The van der Waals surface area contributed by atoms with Crippen LogP contribution >= 0.6 is 0 Å². The molecule has 1 aromatic heterocycles. The molecule has 3 heteroatoms. The quantitative estimate of drug-likeness (QED) is 0.796. The monoisotopic (exact) mass is 286 g/mol. The topological polar surface area (TPSA) is 28.4 Å². The van der Waals surface area contributed by atoms with Gasteiger partial charge in [-0.15, -0.1) is 0 Å². The van der Waals surface area contributed by atoms with Crippen LogP contribution in [-0.4, -0.2) is 18.0 Å². The fourth-order valence-electron chi connectivity index (χ4n) is 2.38. The standard InChI is InChI=1S/C18H26N2O/c1-4-20(5-2)13-17-8-6-16(7-9-17)12-19-15(3)18-10-11-21-14-18/h6-11,14-15,19H,4-5,12-13H2,1-3H3. The van der Waals surface area contributed by atoms with E-state index in [-0.39, 0.29) is 0 Å². The lowest BCUT2D eigenvalue weighted by Crippen LogP contribution is -2.22. The van der Waals surface area contributed by atoms with Gasteiger partial charge in [-0.25, -0.2) is 0 Å². The van der Waals surface area contributed by atoms with E-state index in [0.717, 1.165) is 26.2 Å². The highest BCUT2D eigenvalue weighted by atomic mass is 16.3. The average molecular weight is 286 g/mol. The normalized spacial score (nSPS) is 12.8. The number of nitrogens with one attached hydrogen (secondary N) is 1. The van der Waals surface area contributed by atoms with Crippen molar-refractivity contribution in [1.29, 1.82) is 0 Å². The second kappa shape index (κ2) is 8.01. The Labute approximate surface area is 128 Å². The molecule has 0 aliphatic heterocycles. The Hall–Kier alpha value is -1.58. The molecule has 0 bridgehead atoms. The zero-order chi connectivity index (χ0) is 15.1. The van der Waals surface area contributed by atoms with E-state index in [1.807, 2.05) is 6.07 Å². The zero-order valence-corrected chi connectivity index (χ0v) is 13.3. The summed E-state index contributed by atoms with van der Waals surface area (Å²) in [4.78, 5) is 2.42. The molecule has 0 radical (unpaired) electrons. The first kappa shape index (κ1) is 15.8. The van der Waals surface area contributed by atoms with Crippen LogP contribution in [0.5, 0.6) is 0 Å². The lowest BCUT2D eigenvalue weighted by Gasteiger charge is -2.18. The summed E-state index contributed by atoms with van der Waals surface area (Å²) in [5.74, 6) is 0. The Morgan fingerprint density at radius 3 is 2.29 bits per heavy atom. The SMILES string of the molecule is CCN(CC)Cc1ccc(CNC(C)c2ccoc2)cc1. The minimum Gasteiger partial charge on any atom is -0.472 e. The van der Waals surface area contributed by atoms with Crippen molar-refractivity contribution in [2.24, 2.45) is 0 Å². The van der Waals surface area contributed by atoms with Crippen LogP contribution in [0.25, 0.3) is 0 Å². The minimum atomic E-state index is 0.305. The summed E-state index contributed by atoms with van der Waals surface area (Å²) in [5.41, 5.74) is 3.88. The fraction of sp³-hybridized carbons (Fsp3) is 0.444. The highest BCUT2D eigenvalue weighted by Gasteiger charge is 2.06. The maximum Gasteiger partial charge on any atom is 0.0950 e. The van der Waals surface area contributed by atoms with Crippen molar-refractivity contribution in [1.82, 2.24) is 10.2 Å². The minimum absolute atomic E-state index is 0.305. The first-order chi connectivity index (χ1) is 10.2. The van der Waals surface area contributed by atoms with E-state index in [1.165, 1.54) is 16.7 Å². The third-order valence-electron chi connectivity index (χ3n) is 3.98. The van der Waals surface area contributed by atoms with Gasteiger partial charge in [0.2, 0.25) is 0 Å². The van der Waals surface area contributed by atoms with Crippen LogP contribution in [-0.2, 0) is 13.1 Å². The maximum atomic E-state index is 5.12. The van der Waals surface area contributed by atoms with Gasteiger partial charge in [0, 0.05) is 24.7 Å². The summed E-state index contributed by atoms with van der Waals surface area (Å²) in [6.07, 6.45) is 3.51. The van der Waals surface area contributed by atoms with Crippen molar-refractivity contribution in [2.45, 2.75) is 39.9 Å². The predicted molar refractivity (Wildman–Crippen MR) is 87.0 cm³/mol. The zero-order valence-electron chi connectivity index (χ0n) is 13.3. The molecule has 0 saturated heterocycles. The van der Waals surface area contributed by atoms with Gasteiger partial charge in [-0.1, -0.05) is 38.1 Å². The smallest absolute Gasteiger partial charge is 0.0950 e. The van der Waals surface area contributed by atoms with Gasteiger partial charge in [0.25, 0.3) is 0 Å². The lowest BCUT2D eigenvalue weighted by molar-refractivity contribution is 0.296. The first-order valence-electron chi connectivity index (χ1n) is 7.78.